The smallest absolute Gasteiger partial charge is 0.331 e. The number of carbonyl (C=O) groups excluding carboxylic acids is 2. The minimum Gasteiger partial charge on any atom is -0.462 e. The molecular weight excluding hydrogens is 725 g/mol. The molecule has 1 fully saturated rings. The number of unbranched alkanes of at least 4 members (excludes halogenated alkanes) is 21. The van der Waals surface area contributed by atoms with Crippen molar-refractivity contribution in [2.24, 2.45) is 0 Å². The zero-order valence-electron chi connectivity index (χ0n) is 35.8. The third kappa shape index (κ3) is 29.5. The number of carbonyl (C=O) groups is 2. The number of ether oxygens (including phenoxy) is 4. The Morgan fingerprint density at radius 3 is 1.68 bits per heavy atom. The molecule has 0 aromatic carbocycles. The summed E-state index contributed by atoms with van der Waals surface area (Å²) < 4.78 is 22.0. The second-order valence-electron chi connectivity index (χ2n) is 15.6. The second-order valence-corrected chi connectivity index (χ2v) is 15.6. The van der Waals surface area contributed by atoms with Gasteiger partial charge in [0.15, 0.2) is 12.4 Å². The number of hydrogen-bond acceptors (Lipinski definition) is 10. The standard InChI is InChI=1S/C47H82O10/c1-3-5-7-9-11-13-15-17-19-20-22-23-25-27-29-31-33-35-42(49)54-38-40(39-55-47-46(53)45(52)44(51)41(37-48)57-47)56-43(50)36-34-32-30-28-26-24-21-18-16-14-12-10-8-6-4-2/h11,13,17,19,30,32,34,36,40-41,44-48,51-53H,3-10,12,14-16,18,20-29,31,33,35,37-39H2,1-2H3/b13-11+,19-17+,32-30+,36-34+/t40-,41-,44+,45?,46?,47-/m0/s1. The zero-order chi connectivity index (χ0) is 41.6. The Balaban J connectivity index is 2.38. The summed E-state index contributed by atoms with van der Waals surface area (Å²) in [6, 6.07) is 0. The van der Waals surface area contributed by atoms with Gasteiger partial charge in [-0.2, -0.15) is 0 Å². The largest absolute Gasteiger partial charge is 0.462 e. The molecule has 0 aromatic rings. The SMILES string of the molecule is CCCCC/C=C/C/C=C/CCCCCCCCCC(=O)OC[C@@H](CO[C@H]1O[C@@H](CO)[C@@H](O)C(O)C1O)OC(=O)/C=C/C=C/CCCCCCCCCCCCC. The number of rotatable bonds is 37. The first-order chi connectivity index (χ1) is 27.8. The Kier molecular flexibility index (Phi) is 35.0. The van der Waals surface area contributed by atoms with Crippen LogP contribution in [0, 0.1) is 0 Å². The Hall–Kier alpha value is -2.34. The van der Waals surface area contributed by atoms with E-state index >= 15 is 0 Å². The first kappa shape index (κ1) is 52.7. The fraction of sp³-hybridized carbons (Fsp3) is 0.787. The van der Waals surface area contributed by atoms with E-state index in [-0.39, 0.29) is 19.6 Å². The van der Waals surface area contributed by atoms with Crippen molar-refractivity contribution in [2.75, 3.05) is 19.8 Å². The average Bonchev–Trinajstić information content (AvgIpc) is 3.21. The predicted octanol–water partition coefficient (Wildman–Crippen LogP) is 9.67. The van der Waals surface area contributed by atoms with E-state index in [1.54, 1.807) is 6.08 Å². The third-order valence-corrected chi connectivity index (χ3v) is 10.3. The molecule has 4 N–H and O–H groups in total. The van der Waals surface area contributed by atoms with Gasteiger partial charge in [0.2, 0.25) is 0 Å². The van der Waals surface area contributed by atoms with Gasteiger partial charge < -0.3 is 39.4 Å². The highest BCUT2D eigenvalue weighted by molar-refractivity contribution is 5.82. The van der Waals surface area contributed by atoms with Crippen LogP contribution in [0.5, 0.6) is 0 Å². The van der Waals surface area contributed by atoms with Gasteiger partial charge in [-0.3, -0.25) is 4.79 Å². The van der Waals surface area contributed by atoms with Gasteiger partial charge in [0.05, 0.1) is 13.2 Å². The normalized spacial score (nSPS) is 20.7. The number of allylic oxidation sites excluding steroid dienone is 7. The highest BCUT2D eigenvalue weighted by atomic mass is 16.7. The summed E-state index contributed by atoms with van der Waals surface area (Å²) in [6.07, 6.45) is 37.4. The van der Waals surface area contributed by atoms with Gasteiger partial charge in [-0.05, 0) is 51.4 Å². The molecule has 57 heavy (non-hydrogen) atoms. The van der Waals surface area contributed by atoms with Crippen molar-refractivity contribution in [3.8, 4) is 0 Å². The summed E-state index contributed by atoms with van der Waals surface area (Å²) >= 11 is 0. The molecule has 10 nitrogen and oxygen atoms in total. The summed E-state index contributed by atoms with van der Waals surface area (Å²) in [7, 11) is 0. The van der Waals surface area contributed by atoms with E-state index in [2.05, 4.69) is 38.2 Å². The van der Waals surface area contributed by atoms with Gasteiger partial charge in [0.25, 0.3) is 0 Å². The molecule has 0 bridgehead atoms. The van der Waals surface area contributed by atoms with Gasteiger partial charge in [-0.15, -0.1) is 0 Å². The van der Waals surface area contributed by atoms with Crippen molar-refractivity contribution in [3.63, 3.8) is 0 Å². The van der Waals surface area contributed by atoms with E-state index in [0.29, 0.717) is 6.42 Å². The van der Waals surface area contributed by atoms with E-state index in [1.807, 2.05) is 12.2 Å². The summed E-state index contributed by atoms with van der Waals surface area (Å²) in [4.78, 5) is 25.2. The fourth-order valence-electron chi connectivity index (χ4n) is 6.65. The van der Waals surface area contributed by atoms with E-state index in [0.717, 1.165) is 44.9 Å². The van der Waals surface area contributed by atoms with Gasteiger partial charge in [0.1, 0.15) is 31.0 Å². The first-order valence-electron chi connectivity index (χ1n) is 22.7. The molecular formula is C47H82O10. The van der Waals surface area contributed by atoms with Crippen LogP contribution >= 0.6 is 0 Å². The monoisotopic (exact) mass is 807 g/mol. The Morgan fingerprint density at radius 2 is 1.11 bits per heavy atom. The third-order valence-electron chi connectivity index (χ3n) is 10.3. The molecule has 0 radical (unpaired) electrons. The maximum atomic E-state index is 12.7. The number of esters is 2. The first-order valence-corrected chi connectivity index (χ1v) is 22.7. The maximum Gasteiger partial charge on any atom is 0.331 e. The Labute approximate surface area is 346 Å². The molecule has 330 valence electrons. The van der Waals surface area contributed by atoms with Crippen molar-refractivity contribution in [1.82, 2.24) is 0 Å². The number of aliphatic hydroxyl groups is 4. The second kappa shape index (κ2) is 37.9. The molecule has 1 aliphatic rings. The van der Waals surface area contributed by atoms with Crippen LogP contribution in [-0.4, -0.2) is 89.0 Å². The molecule has 1 aliphatic heterocycles. The Morgan fingerprint density at radius 1 is 0.596 bits per heavy atom. The van der Waals surface area contributed by atoms with Crippen LogP contribution in [0.4, 0.5) is 0 Å². The van der Waals surface area contributed by atoms with E-state index < -0.39 is 55.4 Å². The minimum atomic E-state index is -1.61. The van der Waals surface area contributed by atoms with E-state index in [1.165, 1.54) is 115 Å². The predicted molar refractivity (Wildman–Crippen MR) is 229 cm³/mol. The van der Waals surface area contributed by atoms with Gasteiger partial charge in [-0.25, -0.2) is 4.79 Å². The molecule has 0 aliphatic carbocycles. The molecule has 0 amide bonds. The molecule has 6 atom stereocenters. The summed E-state index contributed by atoms with van der Waals surface area (Å²) in [6.45, 7) is 3.28. The van der Waals surface area contributed by atoms with Crippen molar-refractivity contribution < 1.29 is 49.0 Å². The lowest BCUT2D eigenvalue weighted by molar-refractivity contribution is -0.305. The fourth-order valence-corrected chi connectivity index (χ4v) is 6.65. The van der Waals surface area contributed by atoms with E-state index in [9.17, 15) is 30.0 Å². The molecule has 1 rings (SSSR count). The summed E-state index contributed by atoms with van der Waals surface area (Å²) in [5.41, 5.74) is 0. The lowest BCUT2D eigenvalue weighted by Crippen LogP contribution is -2.59. The van der Waals surface area contributed by atoms with Crippen LogP contribution in [0.2, 0.25) is 0 Å². The molecule has 0 spiro atoms. The molecule has 0 aromatic heterocycles. The zero-order valence-corrected chi connectivity index (χ0v) is 35.8. The van der Waals surface area contributed by atoms with Crippen LogP contribution in [0.1, 0.15) is 181 Å². The number of hydrogen-bond donors (Lipinski definition) is 4. The van der Waals surface area contributed by atoms with Crippen molar-refractivity contribution >= 4 is 11.9 Å². The highest BCUT2D eigenvalue weighted by Crippen LogP contribution is 2.22. The topological polar surface area (TPSA) is 152 Å². The molecule has 1 saturated heterocycles. The van der Waals surface area contributed by atoms with Crippen LogP contribution < -0.4 is 0 Å². The molecule has 10 heteroatoms. The lowest BCUT2D eigenvalue weighted by Gasteiger charge is -2.39. The maximum absolute atomic E-state index is 12.7. The molecule has 1 heterocycles. The van der Waals surface area contributed by atoms with Crippen LogP contribution in [-0.2, 0) is 28.5 Å². The van der Waals surface area contributed by atoms with Crippen LogP contribution in [0.15, 0.2) is 48.6 Å². The Bertz CT molecular complexity index is 1070. The number of aliphatic hydroxyl groups excluding tert-OH is 4. The van der Waals surface area contributed by atoms with Crippen LogP contribution in [0.25, 0.3) is 0 Å². The minimum absolute atomic E-state index is 0.246. The van der Waals surface area contributed by atoms with Crippen molar-refractivity contribution in [2.45, 2.75) is 218 Å². The average molecular weight is 807 g/mol. The van der Waals surface area contributed by atoms with Crippen molar-refractivity contribution in [1.29, 1.82) is 0 Å². The summed E-state index contributed by atoms with van der Waals surface area (Å²) in [5, 5.41) is 40.0. The van der Waals surface area contributed by atoms with Crippen LogP contribution in [0.3, 0.4) is 0 Å². The molecule has 2 unspecified atom stereocenters. The van der Waals surface area contributed by atoms with Gasteiger partial charge >= 0.3 is 11.9 Å². The van der Waals surface area contributed by atoms with Crippen molar-refractivity contribution in [3.05, 3.63) is 48.6 Å². The van der Waals surface area contributed by atoms with E-state index in [4.69, 9.17) is 18.9 Å². The molecule has 0 saturated carbocycles. The lowest BCUT2D eigenvalue weighted by atomic mass is 9.99. The quantitative estimate of drug-likeness (QED) is 0.0157. The highest BCUT2D eigenvalue weighted by Gasteiger charge is 2.44. The summed E-state index contributed by atoms with van der Waals surface area (Å²) in [5.74, 6) is -1.07. The van der Waals surface area contributed by atoms with Gasteiger partial charge in [-0.1, -0.05) is 166 Å². The van der Waals surface area contributed by atoms with Gasteiger partial charge in [0, 0.05) is 12.5 Å².